The van der Waals surface area contributed by atoms with Crippen molar-refractivity contribution in [1.29, 1.82) is 0 Å². The van der Waals surface area contributed by atoms with E-state index in [4.69, 9.17) is 9.47 Å². The molecule has 0 fully saturated rings. The predicted octanol–water partition coefficient (Wildman–Crippen LogP) is 4.16. The molecule has 0 radical (unpaired) electrons. The van der Waals surface area contributed by atoms with Gasteiger partial charge in [0, 0.05) is 11.8 Å². The zero-order chi connectivity index (χ0) is 19.1. The van der Waals surface area contributed by atoms with Gasteiger partial charge in [0.1, 0.15) is 6.61 Å². The van der Waals surface area contributed by atoms with Crippen molar-refractivity contribution in [2.75, 3.05) is 7.11 Å². The molecule has 27 heavy (non-hydrogen) atoms. The number of methoxy groups -OCH3 is 1. The fourth-order valence-corrected chi connectivity index (χ4v) is 2.65. The summed E-state index contributed by atoms with van der Waals surface area (Å²) in [6.07, 6.45) is 1.71. The number of nitrogens with zero attached hydrogens (tertiary/aromatic N) is 1. The second-order valence-electron chi connectivity index (χ2n) is 6.09. The third kappa shape index (κ3) is 4.85. The molecule has 5 nitrogen and oxygen atoms in total. The predicted molar refractivity (Wildman–Crippen MR) is 104 cm³/mol. The van der Waals surface area contributed by atoms with Gasteiger partial charge >= 0.3 is 0 Å². The molecule has 0 bridgehead atoms. The summed E-state index contributed by atoms with van der Waals surface area (Å²) in [7, 11) is 1.56. The lowest BCUT2D eigenvalue weighted by molar-refractivity contribution is 0.0938. The zero-order valence-corrected chi connectivity index (χ0v) is 15.4. The van der Waals surface area contributed by atoms with Crippen LogP contribution >= 0.6 is 0 Å². The second-order valence-corrected chi connectivity index (χ2v) is 6.09. The molecule has 1 amide bonds. The fourth-order valence-electron chi connectivity index (χ4n) is 2.65. The first-order valence-electron chi connectivity index (χ1n) is 8.74. The summed E-state index contributed by atoms with van der Waals surface area (Å²) in [5, 5.41) is 2.94. The van der Waals surface area contributed by atoms with Crippen LogP contribution in [0.25, 0.3) is 0 Å². The Morgan fingerprint density at radius 1 is 1.04 bits per heavy atom. The van der Waals surface area contributed by atoms with Crippen molar-refractivity contribution in [1.82, 2.24) is 10.3 Å². The summed E-state index contributed by atoms with van der Waals surface area (Å²) in [4.78, 5) is 16.8. The Kier molecular flexibility index (Phi) is 6.05. The van der Waals surface area contributed by atoms with E-state index in [0.717, 1.165) is 11.3 Å². The largest absolute Gasteiger partial charge is 0.493 e. The number of hydrogen-bond donors (Lipinski definition) is 1. The van der Waals surface area contributed by atoms with Gasteiger partial charge in [-0.25, -0.2) is 0 Å². The minimum Gasteiger partial charge on any atom is -0.493 e. The van der Waals surface area contributed by atoms with Gasteiger partial charge < -0.3 is 14.8 Å². The van der Waals surface area contributed by atoms with Gasteiger partial charge in [-0.2, -0.15) is 0 Å². The van der Waals surface area contributed by atoms with Crippen molar-refractivity contribution in [3.63, 3.8) is 0 Å². The van der Waals surface area contributed by atoms with Gasteiger partial charge in [0.2, 0.25) is 0 Å². The standard InChI is InChI=1S/C22H22N2O3/c1-16(19-10-6-7-13-23-19)24-22(25)18-11-12-20(21(14-18)26-2)27-15-17-8-4-3-5-9-17/h3-14,16H,15H2,1-2H3,(H,24,25)/t16-/m0/s1. The van der Waals surface area contributed by atoms with E-state index in [1.54, 1.807) is 31.5 Å². The lowest BCUT2D eigenvalue weighted by Gasteiger charge is -2.15. The molecular weight excluding hydrogens is 340 g/mol. The average Bonchev–Trinajstić information content (AvgIpc) is 2.73. The summed E-state index contributed by atoms with van der Waals surface area (Å²) < 4.78 is 11.2. The fraction of sp³-hybridized carbons (Fsp3) is 0.182. The van der Waals surface area contributed by atoms with Crippen molar-refractivity contribution >= 4 is 5.91 Å². The second kappa shape index (κ2) is 8.85. The number of nitrogens with one attached hydrogen (secondary N) is 1. The quantitative estimate of drug-likeness (QED) is 0.686. The van der Waals surface area contributed by atoms with E-state index in [1.165, 1.54) is 0 Å². The molecule has 0 spiro atoms. The summed E-state index contributed by atoms with van der Waals surface area (Å²) in [6, 6.07) is 20.5. The van der Waals surface area contributed by atoms with Crippen molar-refractivity contribution in [2.24, 2.45) is 0 Å². The number of carbonyl (C=O) groups is 1. The molecule has 1 N–H and O–H groups in total. The molecule has 3 aromatic rings. The number of pyridine rings is 1. The number of benzene rings is 2. The molecule has 0 aliphatic carbocycles. The first-order chi connectivity index (χ1) is 13.2. The number of ether oxygens (including phenoxy) is 2. The highest BCUT2D eigenvalue weighted by Gasteiger charge is 2.15. The highest BCUT2D eigenvalue weighted by Crippen LogP contribution is 2.29. The monoisotopic (exact) mass is 362 g/mol. The Balaban J connectivity index is 1.68. The normalized spacial score (nSPS) is 11.5. The highest BCUT2D eigenvalue weighted by atomic mass is 16.5. The van der Waals surface area contributed by atoms with Crippen LogP contribution in [0.15, 0.2) is 72.9 Å². The summed E-state index contributed by atoms with van der Waals surface area (Å²) >= 11 is 0. The van der Waals surface area contributed by atoms with E-state index in [9.17, 15) is 4.79 Å². The number of amides is 1. The molecule has 2 aromatic carbocycles. The zero-order valence-electron chi connectivity index (χ0n) is 15.4. The van der Waals surface area contributed by atoms with Crippen LogP contribution in [0.1, 0.15) is 34.6 Å². The van der Waals surface area contributed by atoms with Crippen LogP contribution in [0.3, 0.4) is 0 Å². The van der Waals surface area contributed by atoms with Crippen molar-refractivity contribution < 1.29 is 14.3 Å². The Hall–Kier alpha value is -3.34. The van der Waals surface area contributed by atoms with E-state index in [2.05, 4.69) is 10.3 Å². The maximum Gasteiger partial charge on any atom is 0.251 e. The van der Waals surface area contributed by atoms with Crippen molar-refractivity contribution in [3.05, 3.63) is 89.7 Å². The number of aromatic nitrogens is 1. The Bertz CT molecular complexity index is 883. The van der Waals surface area contributed by atoms with Crippen molar-refractivity contribution in [3.8, 4) is 11.5 Å². The maximum absolute atomic E-state index is 12.6. The maximum atomic E-state index is 12.6. The van der Waals surface area contributed by atoms with E-state index < -0.39 is 0 Å². The molecule has 0 saturated heterocycles. The topological polar surface area (TPSA) is 60.5 Å². The van der Waals surface area contributed by atoms with E-state index in [-0.39, 0.29) is 11.9 Å². The summed E-state index contributed by atoms with van der Waals surface area (Å²) in [6.45, 7) is 2.33. The lowest BCUT2D eigenvalue weighted by Crippen LogP contribution is -2.27. The first kappa shape index (κ1) is 18.5. The van der Waals surface area contributed by atoms with Crippen LogP contribution < -0.4 is 14.8 Å². The van der Waals surface area contributed by atoms with Gasteiger partial charge in [0.25, 0.3) is 5.91 Å². The van der Waals surface area contributed by atoms with Crippen LogP contribution in [0.4, 0.5) is 0 Å². The summed E-state index contributed by atoms with van der Waals surface area (Å²) in [5.74, 6) is 0.917. The molecule has 1 aromatic heterocycles. The molecule has 1 heterocycles. The van der Waals surface area contributed by atoms with Gasteiger partial charge in [0.05, 0.1) is 18.8 Å². The van der Waals surface area contributed by atoms with E-state index in [0.29, 0.717) is 23.7 Å². The van der Waals surface area contributed by atoms with E-state index >= 15 is 0 Å². The molecule has 0 aliphatic heterocycles. The number of carbonyl (C=O) groups excluding carboxylic acids is 1. The van der Waals surface area contributed by atoms with Crippen LogP contribution in [0.5, 0.6) is 11.5 Å². The van der Waals surface area contributed by atoms with Crippen LogP contribution in [0.2, 0.25) is 0 Å². The highest BCUT2D eigenvalue weighted by molar-refractivity contribution is 5.95. The van der Waals surface area contributed by atoms with Gasteiger partial charge in [-0.1, -0.05) is 36.4 Å². The molecular formula is C22H22N2O3. The summed E-state index contributed by atoms with van der Waals surface area (Å²) in [5.41, 5.74) is 2.37. The molecule has 3 rings (SSSR count). The Labute approximate surface area is 159 Å². The van der Waals surface area contributed by atoms with Crippen LogP contribution in [0, 0.1) is 0 Å². The smallest absolute Gasteiger partial charge is 0.251 e. The minimum absolute atomic E-state index is 0.193. The Morgan fingerprint density at radius 2 is 1.81 bits per heavy atom. The minimum atomic E-state index is -0.196. The third-order valence-electron chi connectivity index (χ3n) is 4.14. The first-order valence-corrected chi connectivity index (χ1v) is 8.74. The van der Waals surface area contributed by atoms with Gasteiger partial charge in [-0.05, 0) is 42.8 Å². The molecule has 0 aliphatic rings. The molecule has 1 atom stereocenters. The third-order valence-corrected chi connectivity index (χ3v) is 4.14. The molecule has 138 valence electrons. The van der Waals surface area contributed by atoms with Crippen LogP contribution in [-0.2, 0) is 6.61 Å². The van der Waals surface area contributed by atoms with Crippen molar-refractivity contribution in [2.45, 2.75) is 19.6 Å². The molecule has 0 saturated carbocycles. The van der Waals surface area contributed by atoms with E-state index in [1.807, 2.05) is 55.5 Å². The average molecular weight is 362 g/mol. The van der Waals surface area contributed by atoms with Gasteiger partial charge in [-0.15, -0.1) is 0 Å². The number of rotatable bonds is 7. The number of hydrogen-bond acceptors (Lipinski definition) is 4. The molecule has 0 unspecified atom stereocenters. The van der Waals surface area contributed by atoms with Gasteiger partial charge in [0.15, 0.2) is 11.5 Å². The lowest BCUT2D eigenvalue weighted by atomic mass is 10.1. The Morgan fingerprint density at radius 3 is 2.52 bits per heavy atom. The van der Waals surface area contributed by atoms with Gasteiger partial charge in [-0.3, -0.25) is 9.78 Å². The van der Waals surface area contributed by atoms with Crippen LogP contribution in [-0.4, -0.2) is 18.0 Å². The SMILES string of the molecule is COc1cc(C(=O)N[C@@H](C)c2ccccn2)ccc1OCc1ccccc1. The molecule has 5 heteroatoms.